The molecule has 0 aromatic heterocycles. The van der Waals surface area contributed by atoms with Crippen molar-refractivity contribution in [2.24, 2.45) is 0 Å². The van der Waals surface area contributed by atoms with E-state index < -0.39 is 15.3 Å². The highest BCUT2D eigenvalue weighted by atomic mass is 32.2. The van der Waals surface area contributed by atoms with E-state index in [1.807, 2.05) is 0 Å². The van der Waals surface area contributed by atoms with Crippen LogP contribution in [0.2, 0.25) is 0 Å². The standard InChI is InChI=1S/C10H16N2O2S/c1-8(2)15(13,14)12(3)10-6-4-5-9(11)7-10/h4-8H,11H2,1-3H3. The van der Waals surface area contributed by atoms with E-state index in [0.717, 1.165) is 0 Å². The SMILES string of the molecule is CC(C)S(=O)(=O)N(C)c1cccc(N)c1. The third-order valence-corrected chi connectivity index (χ3v) is 4.38. The molecule has 0 saturated carbocycles. The zero-order chi connectivity index (χ0) is 11.6. The molecule has 0 unspecified atom stereocenters. The van der Waals surface area contributed by atoms with Gasteiger partial charge in [-0.2, -0.15) is 0 Å². The summed E-state index contributed by atoms with van der Waals surface area (Å²) in [7, 11) is -1.74. The molecule has 4 nitrogen and oxygen atoms in total. The van der Waals surface area contributed by atoms with Gasteiger partial charge in [0.1, 0.15) is 0 Å². The Hall–Kier alpha value is -1.23. The van der Waals surface area contributed by atoms with Gasteiger partial charge in [0.2, 0.25) is 10.0 Å². The molecule has 1 aromatic rings. The summed E-state index contributed by atoms with van der Waals surface area (Å²) in [5.74, 6) is 0. The normalized spacial score (nSPS) is 11.7. The Labute approximate surface area is 90.8 Å². The molecular weight excluding hydrogens is 212 g/mol. The molecule has 0 fully saturated rings. The van der Waals surface area contributed by atoms with Crippen LogP contribution < -0.4 is 10.0 Å². The van der Waals surface area contributed by atoms with E-state index in [4.69, 9.17) is 5.73 Å². The van der Waals surface area contributed by atoms with Gasteiger partial charge < -0.3 is 5.73 Å². The van der Waals surface area contributed by atoms with Gasteiger partial charge in [-0.25, -0.2) is 8.42 Å². The molecule has 84 valence electrons. The third kappa shape index (κ3) is 2.41. The second-order valence-corrected chi connectivity index (χ2v) is 6.18. The fourth-order valence-corrected chi connectivity index (χ4v) is 2.22. The zero-order valence-electron chi connectivity index (χ0n) is 9.14. The van der Waals surface area contributed by atoms with Crippen LogP contribution in [0.5, 0.6) is 0 Å². The first-order valence-electron chi connectivity index (χ1n) is 4.69. The van der Waals surface area contributed by atoms with Gasteiger partial charge in [-0.1, -0.05) is 6.07 Å². The number of nitrogens with two attached hydrogens (primary N) is 1. The van der Waals surface area contributed by atoms with Crippen molar-refractivity contribution in [3.05, 3.63) is 24.3 Å². The van der Waals surface area contributed by atoms with Crippen molar-refractivity contribution in [3.8, 4) is 0 Å². The van der Waals surface area contributed by atoms with E-state index in [-0.39, 0.29) is 0 Å². The molecule has 0 amide bonds. The maximum Gasteiger partial charge on any atom is 0.237 e. The van der Waals surface area contributed by atoms with Gasteiger partial charge in [0.15, 0.2) is 0 Å². The summed E-state index contributed by atoms with van der Waals surface area (Å²) in [5.41, 5.74) is 6.74. The Morgan fingerprint density at radius 3 is 2.40 bits per heavy atom. The van der Waals surface area contributed by atoms with Crippen molar-refractivity contribution in [2.45, 2.75) is 19.1 Å². The van der Waals surface area contributed by atoms with E-state index in [1.54, 1.807) is 38.1 Å². The molecule has 1 rings (SSSR count). The minimum Gasteiger partial charge on any atom is -0.399 e. The number of nitrogens with zero attached hydrogens (tertiary/aromatic N) is 1. The number of rotatable bonds is 3. The monoisotopic (exact) mass is 228 g/mol. The third-order valence-electron chi connectivity index (χ3n) is 2.21. The van der Waals surface area contributed by atoms with Crippen LogP contribution in [-0.4, -0.2) is 20.7 Å². The summed E-state index contributed by atoms with van der Waals surface area (Å²) in [6, 6.07) is 6.81. The minimum absolute atomic E-state index is 0.441. The van der Waals surface area contributed by atoms with Crippen LogP contribution in [0.25, 0.3) is 0 Å². The summed E-state index contributed by atoms with van der Waals surface area (Å²) in [4.78, 5) is 0. The molecule has 0 aliphatic heterocycles. The quantitative estimate of drug-likeness (QED) is 0.796. The smallest absolute Gasteiger partial charge is 0.237 e. The van der Waals surface area contributed by atoms with E-state index >= 15 is 0 Å². The fourth-order valence-electron chi connectivity index (χ4n) is 1.18. The largest absolute Gasteiger partial charge is 0.399 e. The van der Waals surface area contributed by atoms with Crippen molar-refractivity contribution < 1.29 is 8.42 Å². The number of sulfonamides is 1. The Morgan fingerprint density at radius 1 is 1.33 bits per heavy atom. The minimum atomic E-state index is -3.27. The Morgan fingerprint density at radius 2 is 1.93 bits per heavy atom. The molecule has 2 N–H and O–H groups in total. The Bertz CT molecular complexity index is 440. The summed E-state index contributed by atoms with van der Waals surface area (Å²) in [6.45, 7) is 3.30. The van der Waals surface area contributed by atoms with Gasteiger partial charge in [0.05, 0.1) is 10.9 Å². The molecule has 5 heteroatoms. The van der Waals surface area contributed by atoms with Gasteiger partial charge in [0.25, 0.3) is 0 Å². The number of hydrogen-bond donors (Lipinski definition) is 1. The van der Waals surface area contributed by atoms with Crippen molar-refractivity contribution in [3.63, 3.8) is 0 Å². The van der Waals surface area contributed by atoms with Gasteiger partial charge in [-0.05, 0) is 32.0 Å². The van der Waals surface area contributed by atoms with Gasteiger partial charge in [0, 0.05) is 12.7 Å². The summed E-state index contributed by atoms with van der Waals surface area (Å²) in [6.07, 6.45) is 0. The van der Waals surface area contributed by atoms with E-state index in [9.17, 15) is 8.42 Å². The molecule has 1 aromatic carbocycles. The predicted molar refractivity (Wildman–Crippen MR) is 63.3 cm³/mol. The van der Waals surface area contributed by atoms with Crippen molar-refractivity contribution in [1.29, 1.82) is 0 Å². The summed E-state index contributed by atoms with van der Waals surface area (Å²) in [5, 5.41) is -0.441. The van der Waals surface area contributed by atoms with Crippen molar-refractivity contribution in [2.75, 3.05) is 17.1 Å². The molecule has 0 bridgehead atoms. The maximum absolute atomic E-state index is 11.8. The van der Waals surface area contributed by atoms with Gasteiger partial charge in [-0.3, -0.25) is 4.31 Å². The fraction of sp³-hybridized carbons (Fsp3) is 0.400. The Kier molecular flexibility index (Phi) is 3.24. The molecule has 0 aliphatic rings. The molecule has 0 saturated heterocycles. The molecule has 0 spiro atoms. The highest BCUT2D eigenvalue weighted by molar-refractivity contribution is 7.93. The van der Waals surface area contributed by atoms with Crippen LogP contribution in [0.15, 0.2) is 24.3 Å². The van der Waals surface area contributed by atoms with E-state index in [2.05, 4.69) is 0 Å². The van der Waals surface area contributed by atoms with Crippen molar-refractivity contribution in [1.82, 2.24) is 0 Å². The lowest BCUT2D eigenvalue weighted by Crippen LogP contribution is -2.32. The molecular formula is C10H16N2O2S. The first-order valence-corrected chi connectivity index (χ1v) is 6.19. The number of anilines is 2. The highest BCUT2D eigenvalue weighted by Gasteiger charge is 2.22. The van der Waals surface area contributed by atoms with Gasteiger partial charge >= 0.3 is 0 Å². The van der Waals surface area contributed by atoms with Crippen LogP contribution in [0.1, 0.15) is 13.8 Å². The van der Waals surface area contributed by atoms with Crippen LogP contribution in [0.4, 0.5) is 11.4 Å². The summed E-state index contributed by atoms with van der Waals surface area (Å²) < 4.78 is 24.9. The Balaban J connectivity index is 3.10. The number of benzene rings is 1. The molecule has 0 radical (unpaired) electrons. The average molecular weight is 228 g/mol. The van der Waals surface area contributed by atoms with E-state index in [1.165, 1.54) is 11.4 Å². The lowest BCUT2D eigenvalue weighted by Gasteiger charge is -2.21. The number of nitrogen functional groups attached to an aromatic ring is 1. The first-order chi connectivity index (χ1) is 6.85. The molecule has 15 heavy (non-hydrogen) atoms. The topological polar surface area (TPSA) is 63.4 Å². The second kappa shape index (κ2) is 4.10. The maximum atomic E-state index is 11.8. The summed E-state index contributed by atoms with van der Waals surface area (Å²) >= 11 is 0. The molecule has 0 atom stereocenters. The van der Waals surface area contributed by atoms with Crippen LogP contribution in [-0.2, 0) is 10.0 Å². The first kappa shape index (κ1) is 11.8. The van der Waals surface area contributed by atoms with Crippen LogP contribution in [0, 0.1) is 0 Å². The highest BCUT2D eigenvalue weighted by Crippen LogP contribution is 2.20. The van der Waals surface area contributed by atoms with E-state index in [0.29, 0.717) is 11.4 Å². The molecule has 0 aliphatic carbocycles. The molecule has 0 heterocycles. The predicted octanol–water partition coefficient (Wildman–Crippen LogP) is 1.44. The van der Waals surface area contributed by atoms with Crippen LogP contribution in [0.3, 0.4) is 0 Å². The van der Waals surface area contributed by atoms with Crippen molar-refractivity contribution >= 4 is 21.4 Å². The van der Waals surface area contributed by atoms with Gasteiger partial charge in [-0.15, -0.1) is 0 Å². The average Bonchev–Trinajstić information content (AvgIpc) is 2.16. The van der Waals surface area contributed by atoms with Crippen LogP contribution >= 0.6 is 0 Å². The number of hydrogen-bond acceptors (Lipinski definition) is 3. The second-order valence-electron chi connectivity index (χ2n) is 3.66. The lowest BCUT2D eigenvalue weighted by molar-refractivity contribution is 0.585. The zero-order valence-corrected chi connectivity index (χ0v) is 9.95. The lowest BCUT2D eigenvalue weighted by atomic mass is 10.3.